The molecule has 2 amide bonds. The lowest BCUT2D eigenvalue weighted by molar-refractivity contribution is -0.125. The van der Waals surface area contributed by atoms with Gasteiger partial charge in [-0.3, -0.25) is 9.59 Å². The van der Waals surface area contributed by atoms with Gasteiger partial charge in [-0.25, -0.2) is 14.7 Å². The minimum Gasteiger partial charge on any atom is -0.478 e. The van der Waals surface area contributed by atoms with E-state index < -0.39 is 11.4 Å². The second kappa shape index (κ2) is 4.40. The minimum atomic E-state index is -1.11. The first-order valence-electron chi connectivity index (χ1n) is 6.60. The van der Waals surface area contributed by atoms with Crippen molar-refractivity contribution >= 4 is 23.6 Å². The van der Waals surface area contributed by atoms with E-state index in [1.54, 1.807) is 0 Å². The number of carboxylic acids is 1. The molecule has 6 nitrogen and oxygen atoms in total. The van der Waals surface area contributed by atoms with E-state index in [0.717, 1.165) is 30.6 Å². The third-order valence-corrected chi connectivity index (χ3v) is 4.18. The summed E-state index contributed by atoms with van der Waals surface area (Å²) in [5.41, 5.74) is -0.555. The SMILES string of the molecule is O=C(O)c1ccnc(N2C(=O)CC3(CCCC3)C2=O)c1. The first kappa shape index (κ1) is 12.8. The molecule has 1 spiro atoms. The van der Waals surface area contributed by atoms with Crippen LogP contribution in [0.25, 0.3) is 0 Å². The first-order chi connectivity index (χ1) is 9.53. The Balaban J connectivity index is 1.98. The van der Waals surface area contributed by atoms with E-state index >= 15 is 0 Å². The smallest absolute Gasteiger partial charge is 0.335 e. The quantitative estimate of drug-likeness (QED) is 0.828. The average Bonchev–Trinajstić information content (AvgIpc) is 2.97. The number of anilines is 1. The van der Waals surface area contributed by atoms with Gasteiger partial charge in [-0.2, -0.15) is 0 Å². The van der Waals surface area contributed by atoms with Crippen molar-refractivity contribution in [1.82, 2.24) is 4.98 Å². The Morgan fingerprint density at radius 1 is 1.30 bits per heavy atom. The van der Waals surface area contributed by atoms with Gasteiger partial charge in [0, 0.05) is 12.6 Å². The fraction of sp³-hybridized carbons (Fsp3) is 0.429. The number of nitrogens with zero attached hydrogens (tertiary/aromatic N) is 2. The monoisotopic (exact) mass is 274 g/mol. The van der Waals surface area contributed by atoms with Crippen LogP contribution in [0.1, 0.15) is 42.5 Å². The molecule has 6 heteroatoms. The highest BCUT2D eigenvalue weighted by molar-refractivity contribution is 6.22. The second-order valence-electron chi connectivity index (χ2n) is 5.41. The zero-order valence-electron chi connectivity index (χ0n) is 10.8. The lowest BCUT2D eigenvalue weighted by Crippen LogP contribution is -2.35. The lowest BCUT2D eigenvalue weighted by Gasteiger charge is -2.20. The molecule has 1 aromatic rings. The van der Waals surface area contributed by atoms with Gasteiger partial charge in [-0.15, -0.1) is 0 Å². The van der Waals surface area contributed by atoms with Crippen molar-refractivity contribution in [2.75, 3.05) is 4.90 Å². The Bertz CT molecular complexity index is 605. The van der Waals surface area contributed by atoms with E-state index in [1.165, 1.54) is 18.3 Å². The van der Waals surface area contributed by atoms with Gasteiger partial charge in [0.2, 0.25) is 11.8 Å². The van der Waals surface area contributed by atoms with E-state index in [9.17, 15) is 14.4 Å². The highest BCUT2D eigenvalue weighted by Gasteiger charge is 2.53. The van der Waals surface area contributed by atoms with Crippen LogP contribution in [0.5, 0.6) is 0 Å². The van der Waals surface area contributed by atoms with Crippen molar-refractivity contribution in [2.45, 2.75) is 32.1 Å². The number of pyridine rings is 1. The van der Waals surface area contributed by atoms with Crippen LogP contribution in [-0.2, 0) is 9.59 Å². The number of hydrogen-bond donors (Lipinski definition) is 1. The van der Waals surface area contributed by atoms with Gasteiger partial charge in [0.25, 0.3) is 0 Å². The highest BCUT2D eigenvalue weighted by Crippen LogP contribution is 2.47. The van der Waals surface area contributed by atoms with Crippen LogP contribution in [0.4, 0.5) is 5.82 Å². The van der Waals surface area contributed by atoms with Crippen LogP contribution in [0.3, 0.4) is 0 Å². The molecule has 1 N–H and O–H groups in total. The summed E-state index contributed by atoms with van der Waals surface area (Å²) in [5, 5.41) is 8.97. The number of carbonyl (C=O) groups excluding carboxylic acids is 2. The maximum Gasteiger partial charge on any atom is 0.335 e. The largest absolute Gasteiger partial charge is 0.478 e. The van der Waals surface area contributed by atoms with Gasteiger partial charge in [0.15, 0.2) is 0 Å². The van der Waals surface area contributed by atoms with E-state index in [4.69, 9.17) is 5.11 Å². The van der Waals surface area contributed by atoms with Crippen molar-refractivity contribution in [3.8, 4) is 0 Å². The van der Waals surface area contributed by atoms with Gasteiger partial charge >= 0.3 is 5.97 Å². The Morgan fingerprint density at radius 2 is 2.00 bits per heavy atom. The number of rotatable bonds is 2. The molecule has 0 aromatic carbocycles. The number of carbonyl (C=O) groups is 3. The van der Waals surface area contributed by atoms with Crippen molar-refractivity contribution in [3.63, 3.8) is 0 Å². The normalized spacial score (nSPS) is 20.9. The van der Waals surface area contributed by atoms with Crippen molar-refractivity contribution in [3.05, 3.63) is 23.9 Å². The molecule has 2 heterocycles. The molecule has 3 rings (SSSR count). The molecule has 0 radical (unpaired) electrons. The maximum absolute atomic E-state index is 12.5. The predicted octanol–water partition coefficient (Wildman–Crippen LogP) is 1.60. The van der Waals surface area contributed by atoms with Gasteiger partial charge in [0.05, 0.1) is 11.0 Å². The molecule has 20 heavy (non-hydrogen) atoms. The van der Waals surface area contributed by atoms with Crippen LogP contribution in [0.2, 0.25) is 0 Å². The van der Waals surface area contributed by atoms with Gasteiger partial charge in [0.1, 0.15) is 5.82 Å². The lowest BCUT2D eigenvalue weighted by atomic mass is 9.84. The zero-order chi connectivity index (χ0) is 14.3. The van der Waals surface area contributed by atoms with Crippen LogP contribution in [0, 0.1) is 5.41 Å². The standard InChI is InChI=1S/C14H14N2O4/c17-11-8-14(4-1-2-5-14)13(20)16(11)10-7-9(12(18)19)3-6-15-10/h3,6-7H,1-2,4-5,8H2,(H,18,19). The van der Waals surface area contributed by atoms with Gasteiger partial charge in [-0.05, 0) is 25.0 Å². The van der Waals surface area contributed by atoms with Crippen molar-refractivity contribution < 1.29 is 19.5 Å². The van der Waals surface area contributed by atoms with Crippen LogP contribution >= 0.6 is 0 Å². The molecule has 0 unspecified atom stereocenters. The number of hydrogen-bond acceptors (Lipinski definition) is 4. The molecule has 1 aromatic heterocycles. The fourth-order valence-electron chi connectivity index (χ4n) is 3.14. The summed E-state index contributed by atoms with van der Waals surface area (Å²) >= 11 is 0. The molecule has 0 atom stereocenters. The van der Waals surface area contributed by atoms with E-state index in [-0.39, 0.29) is 29.6 Å². The maximum atomic E-state index is 12.5. The van der Waals surface area contributed by atoms with Gasteiger partial charge < -0.3 is 5.11 Å². The molecule has 104 valence electrons. The summed E-state index contributed by atoms with van der Waals surface area (Å²) in [6.07, 6.45) is 4.88. The summed E-state index contributed by atoms with van der Waals surface area (Å²) in [6, 6.07) is 2.61. The molecule has 2 fully saturated rings. The Morgan fingerprint density at radius 3 is 2.65 bits per heavy atom. The molecular formula is C14H14N2O4. The predicted molar refractivity (Wildman–Crippen MR) is 69.2 cm³/mol. The zero-order valence-corrected chi connectivity index (χ0v) is 10.8. The van der Waals surface area contributed by atoms with Crippen LogP contribution in [-0.4, -0.2) is 27.9 Å². The number of amides is 2. The Hall–Kier alpha value is -2.24. The number of aromatic carboxylic acids is 1. The average molecular weight is 274 g/mol. The summed E-state index contributed by atoms with van der Waals surface area (Å²) in [5.74, 6) is -1.51. The molecule has 0 bridgehead atoms. The summed E-state index contributed by atoms with van der Waals surface area (Å²) in [7, 11) is 0. The summed E-state index contributed by atoms with van der Waals surface area (Å²) in [4.78, 5) is 40.7. The molecule has 2 aliphatic rings. The Labute approximate surface area is 115 Å². The fourth-order valence-corrected chi connectivity index (χ4v) is 3.14. The molecular weight excluding hydrogens is 260 g/mol. The van der Waals surface area contributed by atoms with E-state index in [2.05, 4.69) is 4.98 Å². The molecule has 1 aliphatic heterocycles. The Kier molecular flexibility index (Phi) is 2.81. The molecule has 1 saturated carbocycles. The number of aromatic nitrogens is 1. The highest BCUT2D eigenvalue weighted by atomic mass is 16.4. The van der Waals surface area contributed by atoms with E-state index in [1.807, 2.05) is 0 Å². The summed E-state index contributed by atoms with van der Waals surface area (Å²) < 4.78 is 0. The molecule has 1 saturated heterocycles. The topological polar surface area (TPSA) is 87.6 Å². The van der Waals surface area contributed by atoms with E-state index in [0.29, 0.717) is 0 Å². The molecule has 1 aliphatic carbocycles. The van der Waals surface area contributed by atoms with Crippen LogP contribution in [0.15, 0.2) is 18.3 Å². The first-order valence-corrected chi connectivity index (χ1v) is 6.60. The summed E-state index contributed by atoms with van der Waals surface area (Å²) in [6.45, 7) is 0. The third kappa shape index (κ3) is 1.79. The van der Waals surface area contributed by atoms with Crippen molar-refractivity contribution in [2.24, 2.45) is 5.41 Å². The third-order valence-electron chi connectivity index (χ3n) is 4.18. The van der Waals surface area contributed by atoms with Crippen LogP contribution < -0.4 is 4.90 Å². The minimum absolute atomic E-state index is 0.0166. The number of imide groups is 1. The number of carboxylic acid groups (broad SMARTS) is 1. The van der Waals surface area contributed by atoms with Crippen molar-refractivity contribution in [1.29, 1.82) is 0 Å². The van der Waals surface area contributed by atoms with Gasteiger partial charge in [-0.1, -0.05) is 12.8 Å². The second-order valence-corrected chi connectivity index (χ2v) is 5.41.